The number of aliphatic hydroxyl groups excluding tert-OH is 1. The molecule has 138 valence electrons. The van der Waals surface area contributed by atoms with Gasteiger partial charge in [-0.05, 0) is 29.5 Å². The summed E-state index contributed by atoms with van der Waals surface area (Å²) < 4.78 is 5.77. The molecule has 1 aromatic rings. The van der Waals surface area contributed by atoms with Crippen LogP contribution in [-0.4, -0.2) is 46.2 Å². The number of carbonyl (C=O) groups is 1. The molecule has 0 aromatic heterocycles. The molecule has 1 aromatic carbocycles. The van der Waals surface area contributed by atoms with E-state index in [4.69, 9.17) is 33.0 Å². The van der Waals surface area contributed by atoms with Gasteiger partial charge in [-0.1, -0.05) is 29.3 Å². The molecule has 4 nitrogen and oxygen atoms in total. The molecule has 0 heterocycles. The summed E-state index contributed by atoms with van der Waals surface area (Å²) >= 11 is 15.3. The highest BCUT2D eigenvalue weighted by molar-refractivity contribution is 8.05. The second-order valence-corrected chi connectivity index (χ2v) is 8.80. The molecule has 0 saturated carbocycles. The highest BCUT2D eigenvalue weighted by Crippen LogP contribution is 2.36. The zero-order valence-electron chi connectivity index (χ0n) is 13.5. The number of halogens is 2. The van der Waals surface area contributed by atoms with Crippen molar-refractivity contribution in [3.8, 4) is 5.75 Å². The molecule has 0 amide bonds. The monoisotopic (exact) mass is 422 g/mol. The maximum atomic E-state index is 10.5. The SMILES string of the molecule is O=C(O)CCSCCSC1=CC[C@@H](O)C1COc1cc(Cl)cc(Cl)c1. The van der Waals surface area contributed by atoms with Crippen molar-refractivity contribution in [2.75, 3.05) is 23.9 Å². The molecule has 2 rings (SSSR count). The fraction of sp³-hybridized carbons (Fsp3) is 0.471. The lowest BCUT2D eigenvalue weighted by atomic mass is 10.1. The van der Waals surface area contributed by atoms with Crippen LogP contribution in [0.2, 0.25) is 10.0 Å². The second kappa shape index (κ2) is 10.6. The van der Waals surface area contributed by atoms with Crippen LogP contribution in [0.3, 0.4) is 0 Å². The van der Waals surface area contributed by atoms with Crippen molar-refractivity contribution >= 4 is 52.7 Å². The second-order valence-electron chi connectivity index (χ2n) is 5.54. The lowest BCUT2D eigenvalue weighted by Gasteiger charge is -2.19. The molecule has 8 heteroatoms. The van der Waals surface area contributed by atoms with E-state index in [0.717, 1.165) is 16.4 Å². The fourth-order valence-corrected chi connectivity index (χ4v) is 5.10. The predicted octanol–water partition coefficient (Wildman–Crippen LogP) is 4.58. The minimum Gasteiger partial charge on any atom is -0.493 e. The molecule has 2 atom stereocenters. The van der Waals surface area contributed by atoms with Crippen molar-refractivity contribution in [2.45, 2.75) is 18.9 Å². The third kappa shape index (κ3) is 7.31. The van der Waals surface area contributed by atoms with Crippen molar-refractivity contribution in [1.29, 1.82) is 0 Å². The topological polar surface area (TPSA) is 66.8 Å². The summed E-state index contributed by atoms with van der Waals surface area (Å²) in [6, 6.07) is 5.04. The van der Waals surface area contributed by atoms with Crippen LogP contribution in [0.5, 0.6) is 5.75 Å². The first kappa shape index (κ1) is 20.8. The number of aliphatic carboxylic acids is 1. The maximum absolute atomic E-state index is 10.5. The van der Waals surface area contributed by atoms with Gasteiger partial charge in [0, 0.05) is 27.3 Å². The fourth-order valence-electron chi connectivity index (χ4n) is 2.38. The summed E-state index contributed by atoms with van der Waals surface area (Å²) in [7, 11) is 0. The molecule has 1 aliphatic rings. The van der Waals surface area contributed by atoms with E-state index in [0.29, 0.717) is 34.6 Å². The molecule has 0 bridgehead atoms. The Hall–Kier alpha value is -0.530. The molecule has 0 radical (unpaired) electrons. The van der Waals surface area contributed by atoms with Crippen molar-refractivity contribution < 1.29 is 19.7 Å². The third-order valence-corrected chi connectivity index (χ3v) is 6.50. The van der Waals surface area contributed by atoms with E-state index < -0.39 is 12.1 Å². The molecule has 0 aliphatic heterocycles. The van der Waals surface area contributed by atoms with E-state index in [-0.39, 0.29) is 12.3 Å². The zero-order valence-corrected chi connectivity index (χ0v) is 16.6. The number of carboxylic acids is 1. The molecular weight excluding hydrogens is 403 g/mol. The van der Waals surface area contributed by atoms with Gasteiger partial charge in [0.25, 0.3) is 0 Å². The Morgan fingerprint density at radius 1 is 1.20 bits per heavy atom. The van der Waals surface area contributed by atoms with Crippen molar-refractivity contribution in [1.82, 2.24) is 0 Å². The van der Waals surface area contributed by atoms with Gasteiger partial charge in [-0.2, -0.15) is 11.8 Å². The first-order valence-electron chi connectivity index (χ1n) is 7.85. The number of carboxylic acid groups (broad SMARTS) is 1. The molecule has 1 unspecified atom stereocenters. The van der Waals surface area contributed by atoms with Gasteiger partial charge in [-0.15, -0.1) is 11.8 Å². The number of hydrogen-bond donors (Lipinski definition) is 2. The normalized spacial score (nSPS) is 19.7. The summed E-state index contributed by atoms with van der Waals surface area (Å²) in [5.41, 5.74) is 0. The number of thioether (sulfide) groups is 2. The average Bonchev–Trinajstić information content (AvgIpc) is 2.87. The van der Waals surface area contributed by atoms with Crippen molar-refractivity contribution in [3.63, 3.8) is 0 Å². The van der Waals surface area contributed by atoms with Gasteiger partial charge < -0.3 is 14.9 Å². The van der Waals surface area contributed by atoms with E-state index in [2.05, 4.69) is 6.08 Å². The third-order valence-electron chi connectivity index (χ3n) is 3.61. The Balaban J connectivity index is 1.76. The summed E-state index contributed by atoms with van der Waals surface area (Å²) in [6.45, 7) is 0.364. The molecule has 25 heavy (non-hydrogen) atoms. The van der Waals surface area contributed by atoms with Gasteiger partial charge in [-0.3, -0.25) is 4.79 Å². The summed E-state index contributed by atoms with van der Waals surface area (Å²) in [5, 5.41) is 19.8. The Morgan fingerprint density at radius 3 is 2.60 bits per heavy atom. The Labute approximate surface area is 165 Å². The van der Waals surface area contributed by atoms with Crippen LogP contribution in [0.1, 0.15) is 12.8 Å². The van der Waals surface area contributed by atoms with E-state index in [1.165, 1.54) is 0 Å². The molecule has 0 fully saturated rings. The number of hydrogen-bond acceptors (Lipinski definition) is 5. The van der Waals surface area contributed by atoms with E-state index in [1.54, 1.807) is 41.7 Å². The minimum atomic E-state index is -0.764. The van der Waals surface area contributed by atoms with Crippen LogP contribution >= 0.6 is 46.7 Å². The highest BCUT2D eigenvalue weighted by Gasteiger charge is 2.29. The standard InChI is InChI=1S/C17H20Cl2O4S2/c18-11-7-12(19)9-13(8-11)23-10-14-15(20)1-2-16(14)25-6-5-24-4-3-17(21)22/h2,7-9,14-15,20H,1,3-6,10H2,(H,21,22)/t14?,15-/m1/s1. The van der Waals surface area contributed by atoms with Gasteiger partial charge in [0.05, 0.1) is 25.0 Å². The zero-order chi connectivity index (χ0) is 18.2. The van der Waals surface area contributed by atoms with Crippen LogP contribution in [0.15, 0.2) is 29.2 Å². The van der Waals surface area contributed by atoms with Gasteiger partial charge >= 0.3 is 5.97 Å². The van der Waals surface area contributed by atoms with E-state index in [9.17, 15) is 9.90 Å². The lowest BCUT2D eigenvalue weighted by Crippen LogP contribution is -2.23. The summed E-state index contributed by atoms with van der Waals surface area (Å²) in [6.07, 6.45) is 2.42. The van der Waals surface area contributed by atoms with Crippen LogP contribution in [0.25, 0.3) is 0 Å². The number of benzene rings is 1. The van der Waals surface area contributed by atoms with Crippen LogP contribution in [0, 0.1) is 5.92 Å². The average molecular weight is 423 g/mol. The first-order chi connectivity index (χ1) is 12.0. The lowest BCUT2D eigenvalue weighted by molar-refractivity contribution is -0.136. The van der Waals surface area contributed by atoms with Gasteiger partial charge in [0.1, 0.15) is 5.75 Å². The summed E-state index contributed by atoms with van der Waals surface area (Å²) in [4.78, 5) is 11.6. The number of aliphatic hydroxyl groups is 1. The van der Waals surface area contributed by atoms with Crippen molar-refractivity contribution in [2.24, 2.45) is 5.92 Å². The van der Waals surface area contributed by atoms with E-state index >= 15 is 0 Å². The van der Waals surface area contributed by atoms with E-state index in [1.807, 2.05) is 0 Å². The molecule has 1 aliphatic carbocycles. The van der Waals surface area contributed by atoms with Crippen molar-refractivity contribution in [3.05, 3.63) is 39.2 Å². The quantitative estimate of drug-likeness (QED) is 0.537. The smallest absolute Gasteiger partial charge is 0.304 e. The van der Waals surface area contributed by atoms with Crippen LogP contribution in [-0.2, 0) is 4.79 Å². The van der Waals surface area contributed by atoms with Crippen LogP contribution < -0.4 is 4.74 Å². The number of ether oxygens (including phenoxy) is 1. The predicted molar refractivity (Wildman–Crippen MR) is 106 cm³/mol. The molecule has 2 N–H and O–H groups in total. The van der Waals surface area contributed by atoms with Gasteiger partial charge in [0.2, 0.25) is 0 Å². The van der Waals surface area contributed by atoms with Crippen LogP contribution in [0.4, 0.5) is 0 Å². The first-order valence-corrected chi connectivity index (χ1v) is 10.7. The highest BCUT2D eigenvalue weighted by atomic mass is 35.5. The van der Waals surface area contributed by atoms with Gasteiger partial charge in [0.15, 0.2) is 0 Å². The molecular formula is C17H20Cl2O4S2. The largest absolute Gasteiger partial charge is 0.493 e. The maximum Gasteiger partial charge on any atom is 0.304 e. The Bertz CT molecular complexity index is 604. The molecule has 0 saturated heterocycles. The number of rotatable bonds is 10. The summed E-state index contributed by atoms with van der Waals surface area (Å²) in [5.74, 6) is 2.14. The minimum absolute atomic E-state index is 0.0632. The Morgan fingerprint density at radius 2 is 1.92 bits per heavy atom. The Kier molecular flexibility index (Phi) is 8.79. The molecule has 0 spiro atoms. The van der Waals surface area contributed by atoms with Gasteiger partial charge in [-0.25, -0.2) is 0 Å².